The summed E-state index contributed by atoms with van der Waals surface area (Å²) in [6, 6.07) is 6.71. The van der Waals surface area contributed by atoms with Crippen molar-refractivity contribution in [2.45, 2.75) is 25.2 Å². The number of benzene rings is 1. The van der Waals surface area contributed by atoms with Crippen LogP contribution in [0.25, 0.3) is 0 Å². The van der Waals surface area contributed by atoms with Crippen molar-refractivity contribution >= 4 is 10.0 Å². The SMILES string of the molecule is CC1CCN(S(=O)(=O)c2ccccc2C#CCO)CC1C. The summed E-state index contributed by atoms with van der Waals surface area (Å²) in [5.41, 5.74) is 0.442. The van der Waals surface area contributed by atoms with Gasteiger partial charge in [-0.15, -0.1) is 0 Å². The van der Waals surface area contributed by atoms with Crippen LogP contribution in [0.4, 0.5) is 0 Å². The minimum absolute atomic E-state index is 0.229. The fourth-order valence-corrected chi connectivity index (χ4v) is 4.21. The number of hydrogen-bond donors (Lipinski definition) is 1. The lowest BCUT2D eigenvalue weighted by atomic mass is 9.90. The molecule has 0 aromatic heterocycles. The first kappa shape index (κ1) is 16.0. The van der Waals surface area contributed by atoms with Crippen LogP contribution in [-0.2, 0) is 10.0 Å². The predicted octanol–water partition coefficient (Wildman–Crippen LogP) is 1.70. The van der Waals surface area contributed by atoms with Gasteiger partial charge in [0.2, 0.25) is 10.0 Å². The monoisotopic (exact) mass is 307 g/mol. The van der Waals surface area contributed by atoms with Crippen LogP contribution in [0.15, 0.2) is 29.2 Å². The molecule has 0 amide bonds. The number of aliphatic hydroxyl groups excluding tert-OH is 1. The van der Waals surface area contributed by atoms with Gasteiger partial charge in [-0.2, -0.15) is 4.31 Å². The Morgan fingerprint density at radius 1 is 1.29 bits per heavy atom. The van der Waals surface area contributed by atoms with Crippen LogP contribution in [0.5, 0.6) is 0 Å². The summed E-state index contributed by atoms with van der Waals surface area (Å²) >= 11 is 0. The largest absolute Gasteiger partial charge is 0.384 e. The second-order valence-corrected chi connectivity index (χ2v) is 7.47. The van der Waals surface area contributed by atoms with Gasteiger partial charge in [0.05, 0.1) is 4.90 Å². The Hall–Kier alpha value is -1.35. The number of hydrogen-bond acceptors (Lipinski definition) is 3. The summed E-state index contributed by atoms with van der Waals surface area (Å²) < 4.78 is 27.2. The second kappa shape index (κ2) is 6.61. The Balaban J connectivity index is 2.36. The highest BCUT2D eigenvalue weighted by atomic mass is 32.2. The van der Waals surface area contributed by atoms with Gasteiger partial charge in [-0.3, -0.25) is 0 Å². The zero-order valence-electron chi connectivity index (χ0n) is 12.4. The van der Waals surface area contributed by atoms with Crippen molar-refractivity contribution in [3.8, 4) is 11.8 Å². The maximum absolute atomic E-state index is 12.8. The van der Waals surface area contributed by atoms with E-state index in [1.54, 1.807) is 28.6 Å². The van der Waals surface area contributed by atoms with Crippen LogP contribution in [0, 0.1) is 23.7 Å². The molecule has 1 aromatic carbocycles. The van der Waals surface area contributed by atoms with E-state index in [-0.39, 0.29) is 11.5 Å². The molecule has 0 aliphatic carbocycles. The topological polar surface area (TPSA) is 57.6 Å². The van der Waals surface area contributed by atoms with Crippen LogP contribution < -0.4 is 0 Å². The average Bonchev–Trinajstić information content (AvgIpc) is 2.48. The van der Waals surface area contributed by atoms with Crippen molar-refractivity contribution in [2.24, 2.45) is 11.8 Å². The van der Waals surface area contributed by atoms with Crippen LogP contribution in [0.2, 0.25) is 0 Å². The third-order valence-electron chi connectivity index (χ3n) is 4.10. The zero-order chi connectivity index (χ0) is 15.5. The molecule has 114 valence electrons. The molecule has 0 radical (unpaired) electrons. The van der Waals surface area contributed by atoms with Gasteiger partial charge in [0.15, 0.2) is 0 Å². The Labute approximate surface area is 126 Å². The van der Waals surface area contributed by atoms with Crippen molar-refractivity contribution in [2.75, 3.05) is 19.7 Å². The van der Waals surface area contributed by atoms with E-state index in [2.05, 4.69) is 25.7 Å². The molecule has 1 saturated heterocycles. The first-order valence-corrected chi connectivity index (χ1v) is 8.59. The standard InChI is InChI=1S/C16H21NO3S/c1-13-9-10-17(12-14(13)2)21(19,20)16-8-4-3-6-15(16)7-5-11-18/h3-4,6,8,13-14,18H,9-12H2,1-2H3. The molecule has 2 rings (SSSR count). The van der Waals surface area contributed by atoms with Crippen molar-refractivity contribution in [1.29, 1.82) is 0 Å². The number of piperidine rings is 1. The van der Waals surface area contributed by atoms with E-state index < -0.39 is 10.0 Å². The van der Waals surface area contributed by atoms with Crippen molar-refractivity contribution in [3.05, 3.63) is 29.8 Å². The summed E-state index contributed by atoms with van der Waals surface area (Å²) in [5.74, 6) is 6.13. The van der Waals surface area contributed by atoms with E-state index >= 15 is 0 Å². The van der Waals surface area contributed by atoms with Gasteiger partial charge in [0.1, 0.15) is 6.61 Å². The smallest absolute Gasteiger partial charge is 0.244 e. The molecule has 1 aliphatic rings. The number of nitrogens with zero attached hydrogens (tertiary/aromatic N) is 1. The molecular weight excluding hydrogens is 286 g/mol. The summed E-state index contributed by atoms with van der Waals surface area (Å²) in [5, 5.41) is 8.80. The predicted molar refractivity (Wildman–Crippen MR) is 82.1 cm³/mol. The molecule has 1 heterocycles. The minimum atomic E-state index is -3.53. The van der Waals surface area contributed by atoms with Gasteiger partial charge < -0.3 is 5.11 Å². The second-order valence-electron chi connectivity index (χ2n) is 5.56. The summed E-state index contributed by atoms with van der Waals surface area (Å²) in [6.07, 6.45) is 0.880. The third kappa shape index (κ3) is 3.46. The van der Waals surface area contributed by atoms with E-state index in [1.807, 2.05) is 0 Å². The Bertz CT molecular complexity index is 658. The molecule has 4 nitrogen and oxygen atoms in total. The molecule has 2 atom stereocenters. The van der Waals surface area contributed by atoms with E-state index in [0.29, 0.717) is 30.5 Å². The van der Waals surface area contributed by atoms with E-state index in [4.69, 9.17) is 5.11 Å². The number of sulfonamides is 1. The first-order chi connectivity index (χ1) is 9.96. The Kier molecular flexibility index (Phi) is 5.04. The summed E-state index contributed by atoms with van der Waals surface area (Å²) in [7, 11) is -3.53. The molecule has 21 heavy (non-hydrogen) atoms. The molecule has 1 aromatic rings. The summed E-state index contributed by atoms with van der Waals surface area (Å²) in [6.45, 7) is 5.06. The minimum Gasteiger partial charge on any atom is -0.384 e. The van der Waals surface area contributed by atoms with Gasteiger partial charge >= 0.3 is 0 Å². The maximum atomic E-state index is 12.8. The molecule has 0 spiro atoms. The molecule has 2 unspecified atom stereocenters. The van der Waals surface area contributed by atoms with Crippen molar-refractivity contribution in [1.82, 2.24) is 4.31 Å². The van der Waals surface area contributed by atoms with Gasteiger partial charge in [0.25, 0.3) is 0 Å². The Morgan fingerprint density at radius 3 is 2.67 bits per heavy atom. The zero-order valence-corrected chi connectivity index (χ0v) is 13.2. The van der Waals surface area contributed by atoms with E-state index in [1.165, 1.54) is 0 Å². The fourth-order valence-electron chi connectivity index (χ4n) is 2.51. The van der Waals surface area contributed by atoms with Crippen LogP contribution in [0.1, 0.15) is 25.8 Å². The first-order valence-electron chi connectivity index (χ1n) is 7.15. The average molecular weight is 307 g/mol. The lowest BCUT2D eigenvalue weighted by Gasteiger charge is -2.34. The molecule has 0 saturated carbocycles. The normalized spacial score (nSPS) is 23.4. The highest BCUT2D eigenvalue weighted by molar-refractivity contribution is 7.89. The molecule has 0 bridgehead atoms. The highest BCUT2D eigenvalue weighted by Gasteiger charge is 2.32. The maximum Gasteiger partial charge on any atom is 0.244 e. The molecule has 1 fully saturated rings. The summed E-state index contributed by atoms with van der Waals surface area (Å²) in [4.78, 5) is 0.229. The van der Waals surface area contributed by atoms with Gasteiger partial charge in [-0.1, -0.05) is 37.8 Å². The number of rotatable bonds is 2. The lowest BCUT2D eigenvalue weighted by Crippen LogP contribution is -2.42. The van der Waals surface area contributed by atoms with Gasteiger partial charge in [-0.05, 0) is 30.4 Å². The van der Waals surface area contributed by atoms with Gasteiger partial charge in [-0.25, -0.2) is 8.42 Å². The molecule has 5 heteroatoms. The van der Waals surface area contributed by atoms with Crippen LogP contribution >= 0.6 is 0 Å². The van der Waals surface area contributed by atoms with E-state index in [9.17, 15) is 8.42 Å². The molecule has 1 N–H and O–H groups in total. The quantitative estimate of drug-likeness (QED) is 0.846. The fraction of sp³-hybridized carbons (Fsp3) is 0.500. The highest BCUT2D eigenvalue weighted by Crippen LogP contribution is 2.28. The molecule has 1 aliphatic heterocycles. The van der Waals surface area contributed by atoms with Crippen LogP contribution in [0.3, 0.4) is 0 Å². The lowest BCUT2D eigenvalue weighted by molar-refractivity contribution is 0.212. The van der Waals surface area contributed by atoms with Crippen molar-refractivity contribution < 1.29 is 13.5 Å². The number of aliphatic hydroxyl groups is 1. The van der Waals surface area contributed by atoms with Gasteiger partial charge in [0, 0.05) is 18.7 Å². The third-order valence-corrected chi connectivity index (χ3v) is 6.03. The van der Waals surface area contributed by atoms with Crippen molar-refractivity contribution in [3.63, 3.8) is 0 Å². The van der Waals surface area contributed by atoms with Crippen LogP contribution in [-0.4, -0.2) is 37.5 Å². The van der Waals surface area contributed by atoms with E-state index in [0.717, 1.165) is 6.42 Å². The Morgan fingerprint density at radius 2 is 2.00 bits per heavy atom. The molecular formula is C16H21NO3S.